The Labute approximate surface area is 103 Å². The average Bonchev–Trinajstić information content (AvgIpc) is 2.94. The van der Waals surface area contributed by atoms with Crippen molar-refractivity contribution in [2.45, 2.75) is 57.9 Å². The minimum atomic E-state index is 0.267. The zero-order valence-corrected chi connectivity index (χ0v) is 10.8. The zero-order chi connectivity index (χ0) is 11.9. The van der Waals surface area contributed by atoms with Crippen molar-refractivity contribution in [3.05, 3.63) is 0 Å². The third kappa shape index (κ3) is 2.22. The summed E-state index contributed by atoms with van der Waals surface area (Å²) in [6.45, 7) is 3.88. The maximum Gasteiger partial charge on any atom is 0.220 e. The van der Waals surface area contributed by atoms with E-state index in [4.69, 9.17) is 4.74 Å². The van der Waals surface area contributed by atoms with Crippen LogP contribution in [0.1, 0.15) is 51.9 Å². The molecule has 17 heavy (non-hydrogen) atoms. The SMILES string of the molecule is CC1(CC(=O)NC2CCOCC23CCC3)CC1. The van der Waals surface area contributed by atoms with Crippen LogP contribution in [0.4, 0.5) is 0 Å². The Kier molecular flexibility index (Phi) is 2.69. The van der Waals surface area contributed by atoms with Gasteiger partial charge in [-0.15, -0.1) is 0 Å². The molecule has 1 heterocycles. The van der Waals surface area contributed by atoms with Gasteiger partial charge in [-0.05, 0) is 37.5 Å². The van der Waals surface area contributed by atoms with Crippen LogP contribution in [0.15, 0.2) is 0 Å². The first-order valence-electron chi connectivity index (χ1n) is 6.99. The minimum Gasteiger partial charge on any atom is -0.381 e. The molecule has 3 rings (SSSR count). The number of rotatable bonds is 3. The number of carbonyl (C=O) groups is 1. The highest BCUT2D eigenvalue weighted by molar-refractivity contribution is 5.77. The van der Waals surface area contributed by atoms with Gasteiger partial charge in [-0.3, -0.25) is 4.79 Å². The van der Waals surface area contributed by atoms with Crippen LogP contribution in [0.3, 0.4) is 0 Å². The number of hydrogen-bond donors (Lipinski definition) is 1. The van der Waals surface area contributed by atoms with Crippen molar-refractivity contribution in [1.29, 1.82) is 0 Å². The molecule has 0 radical (unpaired) electrons. The first-order chi connectivity index (χ1) is 8.12. The molecule has 1 aliphatic heterocycles. The van der Waals surface area contributed by atoms with Crippen LogP contribution in [0.2, 0.25) is 0 Å². The van der Waals surface area contributed by atoms with Crippen LogP contribution in [0.5, 0.6) is 0 Å². The van der Waals surface area contributed by atoms with Gasteiger partial charge in [0.25, 0.3) is 0 Å². The van der Waals surface area contributed by atoms with Crippen LogP contribution >= 0.6 is 0 Å². The predicted octanol–water partition coefficient (Wildman–Crippen LogP) is 2.25. The van der Waals surface area contributed by atoms with Gasteiger partial charge in [-0.25, -0.2) is 0 Å². The van der Waals surface area contributed by atoms with E-state index in [1.807, 2.05) is 0 Å². The van der Waals surface area contributed by atoms with Gasteiger partial charge in [-0.1, -0.05) is 13.3 Å². The van der Waals surface area contributed by atoms with E-state index in [1.165, 1.54) is 32.1 Å². The molecule has 3 nitrogen and oxygen atoms in total. The summed E-state index contributed by atoms with van der Waals surface area (Å²) in [4.78, 5) is 12.0. The summed E-state index contributed by atoms with van der Waals surface area (Å²) >= 11 is 0. The molecule has 2 saturated carbocycles. The van der Waals surface area contributed by atoms with Crippen LogP contribution in [0.25, 0.3) is 0 Å². The molecular formula is C14H23NO2. The Morgan fingerprint density at radius 1 is 1.35 bits per heavy atom. The number of nitrogens with one attached hydrogen (secondary N) is 1. The standard InChI is InChI=1S/C14H23NO2/c1-13(6-7-13)9-12(16)15-11-3-8-17-10-14(11)4-2-5-14/h11H,2-10H2,1H3,(H,15,16). The van der Waals surface area contributed by atoms with Gasteiger partial charge in [0.15, 0.2) is 0 Å². The van der Waals surface area contributed by atoms with E-state index in [1.54, 1.807) is 0 Å². The summed E-state index contributed by atoms with van der Waals surface area (Å²) in [6.07, 6.45) is 7.93. The van der Waals surface area contributed by atoms with Gasteiger partial charge in [0.1, 0.15) is 0 Å². The summed E-state index contributed by atoms with van der Waals surface area (Å²) in [5.41, 5.74) is 0.612. The summed E-state index contributed by atoms with van der Waals surface area (Å²) in [5.74, 6) is 0.267. The first kappa shape index (κ1) is 11.5. The van der Waals surface area contributed by atoms with Crippen molar-refractivity contribution in [2.75, 3.05) is 13.2 Å². The van der Waals surface area contributed by atoms with E-state index in [9.17, 15) is 4.79 Å². The molecule has 1 unspecified atom stereocenters. The van der Waals surface area contributed by atoms with E-state index in [2.05, 4.69) is 12.2 Å². The summed E-state index contributed by atoms with van der Waals surface area (Å²) in [5, 5.41) is 3.29. The second-order valence-electron chi connectivity index (χ2n) is 6.66. The normalized spacial score (nSPS) is 32.9. The topological polar surface area (TPSA) is 38.3 Å². The van der Waals surface area contributed by atoms with Crippen molar-refractivity contribution in [1.82, 2.24) is 5.32 Å². The Bertz CT molecular complexity index is 318. The monoisotopic (exact) mass is 237 g/mol. The number of hydrogen-bond acceptors (Lipinski definition) is 2. The molecule has 1 spiro atoms. The van der Waals surface area contributed by atoms with Crippen molar-refractivity contribution in [3.8, 4) is 0 Å². The maximum atomic E-state index is 12.0. The zero-order valence-electron chi connectivity index (χ0n) is 10.8. The van der Waals surface area contributed by atoms with Crippen molar-refractivity contribution in [2.24, 2.45) is 10.8 Å². The first-order valence-corrected chi connectivity index (χ1v) is 6.99. The molecule has 3 fully saturated rings. The van der Waals surface area contributed by atoms with E-state index < -0.39 is 0 Å². The second-order valence-corrected chi connectivity index (χ2v) is 6.66. The lowest BCUT2D eigenvalue weighted by atomic mass is 9.63. The fourth-order valence-electron chi connectivity index (χ4n) is 3.26. The summed E-state index contributed by atoms with van der Waals surface area (Å²) < 4.78 is 5.60. The fourth-order valence-corrected chi connectivity index (χ4v) is 3.26. The largest absolute Gasteiger partial charge is 0.381 e. The quantitative estimate of drug-likeness (QED) is 0.817. The molecule has 0 bridgehead atoms. The minimum absolute atomic E-state index is 0.267. The van der Waals surface area contributed by atoms with E-state index in [-0.39, 0.29) is 5.91 Å². The lowest BCUT2D eigenvalue weighted by Crippen LogP contribution is -2.56. The fraction of sp³-hybridized carbons (Fsp3) is 0.929. The van der Waals surface area contributed by atoms with Gasteiger partial charge >= 0.3 is 0 Å². The molecule has 0 aromatic carbocycles. The van der Waals surface area contributed by atoms with Gasteiger partial charge in [0.2, 0.25) is 5.91 Å². The Balaban J connectivity index is 1.57. The molecule has 96 valence electrons. The van der Waals surface area contributed by atoms with Crippen LogP contribution < -0.4 is 5.32 Å². The number of carbonyl (C=O) groups excluding carboxylic acids is 1. The van der Waals surface area contributed by atoms with E-state index in [0.717, 1.165) is 26.1 Å². The second kappa shape index (κ2) is 3.98. The number of amides is 1. The molecule has 1 amide bonds. The van der Waals surface area contributed by atoms with Gasteiger partial charge < -0.3 is 10.1 Å². The van der Waals surface area contributed by atoms with Crippen LogP contribution in [-0.2, 0) is 9.53 Å². The lowest BCUT2D eigenvalue weighted by Gasteiger charge is -2.50. The van der Waals surface area contributed by atoms with Crippen LogP contribution in [0, 0.1) is 10.8 Å². The maximum absolute atomic E-state index is 12.0. The number of ether oxygens (including phenoxy) is 1. The van der Waals surface area contributed by atoms with Gasteiger partial charge in [0, 0.05) is 24.5 Å². The molecule has 0 aromatic heterocycles. The molecule has 1 N–H and O–H groups in total. The van der Waals surface area contributed by atoms with E-state index >= 15 is 0 Å². The Hall–Kier alpha value is -0.570. The molecule has 3 aliphatic rings. The predicted molar refractivity (Wildman–Crippen MR) is 65.6 cm³/mol. The third-order valence-electron chi connectivity index (χ3n) is 5.06. The lowest BCUT2D eigenvalue weighted by molar-refractivity contribution is -0.129. The van der Waals surface area contributed by atoms with Crippen molar-refractivity contribution < 1.29 is 9.53 Å². The summed E-state index contributed by atoms with van der Waals surface area (Å²) in [6, 6.07) is 0.375. The van der Waals surface area contributed by atoms with Crippen LogP contribution in [-0.4, -0.2) is 25.2 Å². The Morgan fingerprint density at radius 2 is 2.12 bits per heavy atom. The highest BCUT2D eigenvalue weighted by Gasteiger charge is 2.47. The molecule has 1 atom stereocenters. The van der Waals surface area contributed by atoms with Gasteiger partial charge in [-0.2, -0.15) is 0 Å². The van der Waals surface area contributed by atoms with Gasteiger partial charge in [0.05, 0.1) is 6.61 Å². The molecular weight excluding hydrogens is 214 g/mol. The highest BCUT2D eigenvalue weighted by atomic mass is 16.5. The summed E-state index contributed by atoms with van der Waals surface area (Å²) in [7, 11) is 0. The highest BCUT2D eigenvalue weighted by Crippen LogP contribution is 2.49. The van der Waals surface area contributed by atoms with E-state index in [0.29, 0.717) is 16.9 Å². The molecule has 3 heteroatoms. The molecule has 1 saturated heterocycles. The Morgan fingerprint density at radius 3 is 2.71 bits per heavy atom. The third-order valence-corrected chi connectivity index (χ3v) is 5.06. The molecule has 2 aliphatic carbocycles. The molecule has 0 aromatic rings. The smallest absolute Gasteiger partial charge is 0.220 e. The van der Waals surface area contributed by atoms with Crippen molar-refractivity contribution >= 4 is 5.91 Å². The average molecular weight is 237 g/mol. The van der Waals surface area contributed by atoms with Crippen molar-refractivity contribution in [3.63, 3.8) is 0 Å².